The molecule has 0 N–H and O–H groups in total. The fraction of sp³-hybridized carbons (Fsp3) is 0.364. The Balaban J connectivity index is 1.14. The maximum absolute atomic E-state index is 12.4. The van der Waals surface area contributed by atoms with E-state index in [1.807, 2.05) is 53.4 Å². The zero-order valence-corrected chi connectivity index (χ0v) is 18.2. The topological polar surface area (TPSA) is 54.9 Å². The molecule has 0 unspecified atom stereocenters. The number of nitrogens with zero attached hydrogens (tertiary/aromatic N) is 3. The van der Waals surface area contributed by atoms with Crippen LogP contribution >= 0.6 is 22.9 Å². The summed E-state index contributed by atoms with van der Waals surface area (Å²) in [6, 6.07) is 15.5. The first-order valence-corrected chi connectivity index (χ1v) is 11.2. The van der Waals surface area contributed by atoms with Crippen LogP contribution in [0.25, 0.3) is 10.2 Å². The zero-order chi connectivity index (χ0) is 20.8. The minimum absolute atomic E-state index is 0.0306. The van der Waals surface area contributed by atoms with Crippen LogP contribution in [0.3, 0.4) is 0 Å². The van der Waals surface area contributed by atoms with E-state index in [0.29, 0.717) is 37.1 Å². The number of thiazole rings is 1. The van der Waals surface area contributed by atoms with Crippen LogP contribution in [0.1, 0.15) is 5.01 Å². The highest BCUT2D eigenvalue weighted by Crippen LogP contribution is 2.23. The molecule has 8 heteroatoms. The van der Waals surface area contributed by atoms with Gasteiger partial charge in [0.25, 0.3) is 0 Å². The Labute approximate surface area is 185 Å². The molecule has 0 aliphatic carbocycles. The van der Waals surface area contributed by atoms with Gasteiger partial charge in [0.1, 0.15) is 24.0 Å². The molecule has 0 saturated carbocycles. The molecule has 1 aromatic heterocycles. The molecule has 158 valence electrons. The number of benzene rings is 2. The maximum atomic E-state index is 12.4. The second kappa shape index (κ2) is 10.2. The van der Waals surface area contributed by atoms with E-state index in [1.54, 1.807) is 11.3 Å². The number of hydrogen-bond donors (Lipinski definition) is 0. The van der Waals surface area contributed by atoms with Gasteiger partial charge in [0.15, 0.2) is 0 Å². The number of amides is 1. The van der Waals surface area contributed by atoms with Gasteiger partial charge < -0.3 is 14.4 Å². The largest absolute Gasteiger partial charge is 0.491 e. The lowest BCUT2D eigenvalue weighted by molar-refractivity contribution is -0.138. The van der Waals surface area contributed by atoms with Gasteiger partial charge in [-0.1, -0.05) is 35.9 Å². The van der Waals surface area contributed by atoms with Crippen molar-refractivity contribution in [3.8, 4) is 5.75 Å². The Morgan fingerprint density at radius 1 is 1.07 bits per heavy atom. The predicted octanol–water partition coefficient (Wildman–Crippen LogP) is 3.69. The van der Waals surface area contributed by atoms with E-state index >= 15 is 0 Å². The highest BCUT2D eigenvalue weighted by Gasteiger charge is 2.21. The molecule has 4 rings (SSSR count). The van der Waals surface area contributed by atoms with E-state index in [0.717, 1.165) is 34.9 Å². The van der Waals surface area contributed by atoms with E-state index in [1.165, 1.54) is 0 Å². The van der Waals surface area contributed by atoms with Crippen LogP contribution in [-0.2, 0) is 16.1 Å². The van der Waals surface area contributed by atoms with E-state index in [-0.39, 0.29) is 12.5 Å². The van der Waals surface area contributed by atoms with Crippen molar-refractivity contribution >= 4 is 39.1 Å². The Hall–Kier alpha value is -2.19. The molecule has 1 amide bonds. The second-order valence-electron chi connectivity index (χ2n) is 7.07. The smallest absolute Gasteiger partial charge is 0.248 e. The fourth-order valence-corrected chi connectivity index (χ4v) is 4.46. The average molecular weight is 446 g/mol. The van der Waals surface area contributed by atoms with Gasteiger partial charge in [-0.25, -0.2) is 4.98 Å². The fourth-order valence-electron chi connectivity index (χ4n) is 3.37. The van der Waals surface area contributed by atoms with Gasteiger partial charge in [-0.05, 0) is 24.3 Å². The number of carbonyl (C=O) groups excluding carboxylic acids is 1. The number of para-hydroxylation sites is 2. The third-order valence-electron chi connectivity index (χ3n) is 5.02. The van der Waals surface area contributed by atoms with Gasteiger partial charge in [0, 0.05) is 32.7 Å². The number of halogens is 1. The molecule has 0 spiro atoms. The summed E-state index contributed by atoms with van der Waals surface area (Å²) in [5, 5.41) is 1.52. The van der Waals surface area contributed by atoms with Gasteiger partial charge in [0.05, 0.1) is 21.8 Å². The number of hydrogen-bond acceptors (Lipinski definition) is 6. The summed E-state index contributed by atoms with van der Waals surface area (Å²) in [6.07, 6.45) is 0. The molecule has 6 nitrogen and oxygen atoms in total. The Kier molecular flexibility index (Phi) is 7.17. The summed E-state index contributed by atoms with van der Waals surface area (Å²) in [6.45, 7) is 4.90. The summed E-state index contributed by atoms with van der Waals surface area (Å²) in [5.74, 6) is 0.737. The highest BCUT2D eigenvalue weighted by molar-refractivity contribution is 7.18. The van der Waals surface area contributed by atoms with Crippen molar-refractivity contribution in [3.63, 3.8) is 0 Å². The summed E-state index contributed by atoms with van der Waals surface area (Å²) in [5.41, 5.74) is 0.974. The summed E-state index contributed by atoms with van der Waals surface area (Å²) in [4.78, 5) is 21.1. The normalized spacial score (nSPS) is 14.9. The standard InChI is InChI=1S/C22H24ClN3O3S/c23-17-5-1-3-7-19(17)29-14-13-25-9-11-26(12-10-25)22(27)16-28-15-21-24-18-6-2-4-8-20(18)30-21/h1-8H,9-16H2. The van der Waals surface area contributed by atoms with Crippen molar-refractivity contribution in [3.05, 3.63) is 58.6 Å². The van der Waals surface area contributed by atoms with Crippen LogP contribution in [-0.4, -0.2) is 66.6 Å². The average Bonchev–Trinajstić information content (AvgIpc) is 3.18. The number of rotatable bonds is 8. The van der Waals surface area contributed by atoms with E-state index in [9.17, 15) is 4.79 Å². The molecule has 1 saturated heterocycles. The van der Waals surface area contributed by atoms with E-state index < -0.39 is 0 Å². The number of aromatic nitrogens is 1. The molecular formula is C22H24ClN3O3S. The molecule has 1 aliphatic heterocycles. The van der Waals surface area contributed by atoms with Crippen LogP contribution in [0.4, 0.5) is 0 Å². The molecule has 3 aromatic rings. The predicted molar refractivity (Wildman–Crippen MR) is 119 cm³/mol. The third-order valence-corrected chi connectivity index (χ3v) is 6.34. The van der Waals surface area contributed by atoms with Crippen molar-refractivity contribution in [1.82, 2.24) is 14.8 Å². The van der Waals surface area contributed by atoms with Gasteiger partial charge in [0.2, 0.25) is 5.91 Å². The molecule has 2 aromatic carbocycles. The number of carbonyl (C=O) groups is 1. The monoisotopic (exact) mass is 445 g/mol. The first-order chi connectivity index (χ1) is 14.7. The molecule has 0 bridgehead atoms. The lowest BCUT2D eigenvalue weighted by atomic mass is 10.3. The molecule has 0 atom stereocenters. The molecule has 1 aliphatic rings. The van der Waals surface area contributed by atoms with Crippen LogP contribution in [0.2, 0.25) is 5.02 Å². The van der Waals surface area contributed by atoms with Gasteiger partial charge >= 0.3 is 0 Å². The third kappa shape index (κ3) is 5.49. The highest BCUT2D eigenvalue weighted by atomic mass is 35.5. The molecule has 1 fully saturated rings. The minimum atomic E-state index is 0.0306. The van der Waals surface area contributed by atoms with Crippen molar-refractivity contribution in [2.24, 2.45) is 0 Å². The Morgan fingerprint density at radius 2 is 1.83 bits per heavy atom. The van der Waals surface area contributed by atoms with Crippen molar-refractivity contribution < 1.29 is 14.3 Å². The first-order valence-electron chi connectivity index (χ1n) is 9.99. The van der Waals surface area contributed by atoms with E-state index in [2.05, 4.69) is 9.88 Å². The first kappa shape index (κ1) is 21.1. The zero-order valence-electron chi connectivity index (χ0n) is 16.6. The number of fused-ring (bicyclic) bond motifs is 1. The molecule has 30 heavy (non-hydrogen) atoms. The second-order valence-corrected chi connectivity index (χ2v) is 8.59. The molecule has 0 radical (unpaired) electrons. The quantitative estimate of drug-likeness (QED) is 0.529. The SMILES string of the molecule is O=C(COCc1nc2ccccc2s1)N1CCN(CCOc2ccccc2Cl)CC1. The Bertz CT molecular complexity index is 955. The van der Waals surface area contributed by atoms with Gasteiger partial charge in [-0.3, -0.25) is 9.69 Å². The van der Waals surface area contributed by atoms with Gasteiger partial charge in [-0.15, -0.1) is 11.3 Å². The summed E-state index contributed by atoms with van der Waals surface area (Å²) < 4.78 is 12.5. The van der Waals surface area contributed by atoms with Crippen LogP contribution in [0, 0.1) is 0 Å². The summed E-state index contributed by atoms with van der Waals surface area (Å²) in [7, 11) is 0. The van der Waals surface area contributed by atoms with Crippen molar-refractivity contribution in [2.75, 3.05) is 45.9 Å². The van der Waals surface area contributed by atoms with Crippen LogP contribution in [0.5, 0.6) is 5.75 Å². The maximum Gasteiger partial charge on any atom is 0.248 e. The molecular weight excluding hydrogens is 422 g/mol. The van der Waals surface area contributed by atoms with Crippen LogP contribution in [0.15, 0.2) is 48.5 Å². The number of piperazine rings is 1. The van der Waals surface area contributed by atoms with E-state index in [4.69, 9.17) is 21.1 Å². The lowest BCUT2D eigenvalue weighted by Gasteiger charge is -2.34. The minimum Gasteiger partial charge on any atom is -0.491 e. The van der Waals surface area contributed by atoms with Crippen LogP contribution < -0.4 is 4.74 Å². The van der Waals surface area contributed by atoms with Gasteiger partial charge in [-0.2, -0.15) is 0 Å². The molecule has 2 heterocycles. The van der Waals surface area contributed by atoms with Crippen molar-refractivity contribution in [1.29, 1.82) is 0 Å². The number of ether oxygens (including phenoxy) is 2. The summed E-state index contributed by atoms with van der Waals surface area (Å²) >= 11 is 7.71. The Morgan fingerprint density at radius 3 is 2.63 bits per heavy atom. The lowest BCUT2D eigenvalue weighted by Crippen LogP contribution is -2.50. The van der Waals surface area contributed by atoms with Crippen molar-refractivity contribution in [2.45, 2.75) is 6.61 Å².